The molecule has 0 spiro atoms. The second kappa shape index (κ2) is 8.67. The van der Waals surface area contributed by atoms with Crippen molar-refractivity contribution in [1.82, 2.24) is 25.8 Å². The molecule has 0 saturated heterocycles. The Balaban J connectivity index is 1.92. The number of para-hydroxylation sites is 2. The van der Waals surface area contributed by atoms with Gasteiger partial charge in [0.1, 0.15) is 17.1 Å². The van der Waals surface area contributed by atoms with E-state index < -0.39 is 5.91 Å². The van der Waals surface area contributed by atoms with Crippen LogP contribution in [0.5, 0.6) is 5.75 Å². The first kappa shape index (κ1) is 20.2. The number of nitrogens with one attached hydrogen (secondary N) is 3. The lowest BCUT2D eigenvalue weighted by Crippen LogP contribution is -2.50. The number of fused-ring (bicyclic) bond motifs is 1. The number of benzene rings is 2. The Labute approximate surface area is 171 Å². The fourth-order valence-electron chi connectivity index (χ4n) is 2.85. The third kappa shape index (κ3) is 4.33. The number of carbonyl (C=O) groups excluding carboxylic acids is 1. The summed E-state index contributed by atoms with van der Waals surface area (Å²) in [6.07, 6.45) is 0. The van der Waals surface area contributed by atoms with Crippen LogP contribution >= 0.6 is 12.2 Å². The highest BCUT2D eigenvalue weighted by molar-refractivity contribution is 7.80. The van der Waals surface area contributed by atoms with E-state index in [-0.39, 0.29) is 17.3 Å². The second-order valence-corrected chi connectivity index (χ2v) is 6.58. The molecule has 0 fully saturated rings. The number of amides is 1. The molecule has 1 heterocycles. The molecule has 9 nitrogen and oxygen atoms in total. The minimum absolute atomic E-state index is 0.0533. The molecule has 150 valence electrons. The van der Waals surface area contributed by atoms with E-state index >= 15 is 0 Å². The Morgan fingerprint density at radius 3 is 2.66 bits per heavy atom. The Bertz CT molecular complexity index is 1140. The zero-order valence-corrected chi connectivity index (χ0v) is 16.7. The number of aryl methyl sites for hydroxylation is 2. The quantitative estimate of drug-likeness (QED) is 0.281. The highest BCUT2D eigenvalue weighted by Gasteiger charge is 2.15. The van der Waals surface area contributed by atoms with Crippen LogP contribution in [0.2, 0.25) is 0 Å². The van der Waals surface area contributed by atoms with Gasteiger partial charge in [0.05, 0.1) is 11.1 Å². The summed E-state index contributed by atoms with van der Waals surface area (Å²) in [6.45, 7) is 3.38. The summed E-state index contributed by atoms with van der Waals surface area (Å²) in [5.41, 5.74) is 8.81. The Morgan fingerprint density at radius 2 is 1.93 bits per heavy atom. The maximum Gasteiger partial charge on any atom is 0.276 e. The van der Waals surface area contributed by atoms with Crippen molar-refractivity contribution < 1.29 is 9.53 Å². The van der Waals surface area contributed by atoms with E-state index in [2.05, 4.69) is 21.3 Å². The van der Waals surface area contributed by atoms with Gasteiger partial charge in [-0.3, -0.25) is 30.4 Å². The van der Waals surface area contributed by atoms with Crippen molar-refractivity contribution in [3.63, 3.8) is 0 Å². The topological polar surface area (TPSA) is 123 Å². The highest BCUT2D eigenvalue weighted by Crippen LogP contribution is 2.23. The number of hydrogen-bond acceptors (Lipinski definition) is 6. The first-order chi connectivity index (χ1) is 13.9. The van der Waals surface area contributed by atoms with Gasteiger partial charge in [-0.2, -0.15) is 0 Å². The first-order valence-corrected chi connectivity index (χ1v) is 9.10. The van der Waals surface area contributed by atoms with Crippen LogP contribution in [0.3, 0.4) is 0 Å². The van der Waals surface area contributed by atoms with Gasteiger partial charge in [-0.05, 0) is 49.8 Å². The molecule has 0 bridgehead atoms. The molecule has 0 aliphatic carbocycles. The summed E-state index contributed by atoms with van der Waals surface area (Å²) in [7, 11) is 0. The number of hydrazine groups is 2. The molecule has 0 aliphatic rings. The van der Waals surface area contributed by atoms with Crippen LogP contribution in [-0.4, -0.2) is 27.2 Å². The molecule has 1 aromatic heterocycles. The number of hydrogen-bond donors (Lipinski definition) is 4. The van der Waals surface area contributed by atoms with Crippen molar-refractivity contribution in [3.8, 4) is 11.4 Å². The zero-order chi connectivity index (χ0) is 21.0. The summed E-state index contributed by atoms with van der Waals surface area (Å²) < 4.78 is 7.14. The van der Waals surface area contributed by atoms with Gasteiger partial charge >= 0.3 is 0 Å². The summed E-state index contributed by atoms with van der Waals surface area (Å²) >= 11 is 4.75. The monoisotopic (exact) mass is 412 g/mol. The first-order valence-electron chi connectivity index (χ1n) is 8.69. The lowest BCUT2D eigenvalue weighted by atomic mass is 10.1. The maximum absolute atomic E-state index is 13.1. The van der Waals surface area contributed by atoms with E-state index in [1.165, 1.54) is 0 Å². The number of nitrogens with two attached hydrogens (primary N) is 1. The third-order valence-corrected chi connectivity index (χ3v) is 4.41. The van der Waals surface area contributed by atoms with E-state index in [0.29, 0.717) is 22.5 Å². The standard InChI is InChI=1S/C19H20N6O3S/c1-11-6-3-4-8-14(11)25-12(2)21-17-13(18(25)27)7-5-9-15(17)28-10-16(26)23-24-19(29)22-20/h3-9H,10,20H2,1-2H3,(H,23,26)(H2,22,24,29). The van der Waals surface area contributed by atoms with Gasteiger partial charge < -0.3 is 4.74 Å². The average molecular weight is 412 g/mol. The number of ether oxygens (including phenoxy) is 1. The smallest absolute Gasteiger partial charge is 0.276 e. The number of nitrogens with zero attached hydrogens (tertiary/aromatic N) is 2. The Hall–Kier alpha value is -3.50. The third-order valence-electron chi connectivity index (χ3n) is 4.19. The van der Waals surface area contributed by atoms with Crippen molar-refractivity contribution in [2.45, 2.75) is 13.8 Å². The van der Waals surface area contributed by atoms with Crippen LogP contribution in [0, 0.1) is 13.8 Å². The summed E-state index contributed by atoms with van der Waals surface area (Å²) in [5.74, 6) is 5.46. The lowest BCUT2D eigenvalue weighted by Gasteiger charge is -2.15. The molecule has 2 aromatic carbocycles. The Morgan fingerprint density at radius 1 is 1.17 bits per heavy atom. The number of carbonyl (C=O) groups is 1. The van der Waals surface area contributed by atoms with E-state index in [0.717, 1.165) is 11.3 Å². The van der Waals surface area contributed by atoms with Crippen LogP contribution in [0.25, 0.3) is 16.6 Å². The molecule has 0 saturated carbocycles. The van der Waals surface area contributed by atoms with Gasteiger partial charge in [0, 0.05) is 0 Å². The molecule has 3 aromatic rings. The molecule has 0 unspecified atom stereocenters. The van der Waals surface area contributed by atoms with E-state index in [4.69, 9.17) is 22.8 Å². The van der Waals surface area contributed by atoms with Crippen LogP contribution in [-0.2, 0) is 4.79 Å². The summed E-state index contributed by atoms with van der Waals surface area (Å²) in [6, 6.07) is 12.6. The zero-order valence-electron chi connectivity index (χ0n) is 15.9. The molecule has 3 rings (SSSR count). The van der Waals surface area contributed by atoms with Crippen molar-refractivity contribution in [3.05, 3.63) is 64.2 Å². The van der Waals surface area contributed by atoms with Gasteiger partial charge in [-0.25, -0.2) is 10.8 Å². The van der Waals surface area contributed by atoms with Gasteiger partial charge in [0.15, 0.2) is 11.7 Å². The molecule has 1 amide bonds. The predicted molar refractivity (Wildman–Crippen MR) is 114 cm³/mol. The van der Waals surface area contributed by atoms with Crippen LogP contribution < -0.4 is 32.4 Å². The fraction of sp³-hybridized carbons (Fsp3) is 0.158. The summed E-state index contributed by atoms with van der Waals surface area (Å²) in [5, 5.41) is 0.445. The van der Waals surface area contributed by atoms with Crippen molar-refractivity contribution in [2.24, 2.45) is 5.84 Å². The number of thiocarbonyl (C=S) groups is 1. The molecule has 10 heteroatoms. The van der Waals surface area contributed by atoms with Gasteiger partial charge in [-0.1, -0.05) is 24.3 Å². The molecular formula is C19H20N6O3S. The largest absolute Gasteiger partial charge is 0.481 e. The average Bonchev–Trinajstić information content (AvgIpc) is 2.72. The molecular weight excluding hydrogens is 392 g/mol. The van der Waals surface area contributed by atoms with Crippen LogP contribution in [0.15, 0.2) is 47.3 Å². The van der Waals surface area contributed by atoms with Crippen molar-refractivity contribution >= 4 is 34.1 Å². The van der Waals surface area contributed by atoms with Gasteiger partial charge in [0.2, 0.25) is 0 Å². The fourth-order valence-corrected chi connectivity index (χ4v) is 2.90. The van der Waals surface area contributed by atoms with E-state index in [1.807, 2.05) is 31.2 Å². The Kier molecular flexibility index (Phi) is 6.05. The van der Waals surface area contributed by atoms with Gasteiger partial charge in [0.25, 0.3) is 11.5 Å². The van der Waals surface area contributed by atoms with Crippen molar-refractivity contribution in [1.29, 1.82) is 0 Å². The van der Waals surface area contributed by atoms with Gasteiger partial charge in [-0.15, -0.1) is 0 Å². The maximum atomic E-state index is 13.1. The highest BCUT2D eigenvalue weighted by atomic mass is 32.1. The second-order valence-electron chi connectivity index (χ2n) is 6.17. The number of rotatable bonds is 4. The van der Waals surface area contributed by atoms with E-state index in [1.54, 1.807) is 29.7 Å². The van der Waals surface area contributed by atoms with Crippen molar-refractivity contribution in [2.75, 3.05) is 6.61 Å². The minimum atomic E-state index is -0.482. The lowest BCUT2D eigenvalue weighted by molar-refractivity contribution is -0.123. The normalized spacial score (nSPS) is 10.4. The summed E-state index contributed by atoms with van der Waals surface area (Å²) in [4.78, 5) is 29.6. The predicted octanol–water partition coefficient (Wildman–Crippen LogP) is 0.750. The molecule has 0 aliphatic heterocycles. The van der Waals surface area contributed by atoms with E-state index in [9.17, 15) is 9.59 Å². The van der Waals surface area contributed by atoms with Crippen LogP contribution in [0.4, 0.5) is 0 Å². The molecule has 0 radical (unpaired) electrons. The number of aromatic nitrogens is 2. The van der Waals surface area contributed by atoms with Crippen LogP contribution in [0.1, 0.15) is 11.4 Å². The molecule has 29 heavy (non-hydrogen) atoms. The SMILES string of the molecule is Cc1ccccc1-n1c(C)nc2c(OCC(=O)NNC(=S)NN)cccc2c1=O. The molecule has 5 N–H and O–H groups in total. The molecule has 0 atom stereocenters. The minimum Gasteiger partial charge on any atom is -0.481 e.